The molecule has 30 heavy (non-hydrogen) atoms. The van der Waals surface area contributed by atoms with Gasteiger partial charge in [0.1, 0.15) is 10.8 Å². The van der Waals surface area contributed by atoms with Crippen LogP contribution in [0.1, 0.15) is 44.8 Å². The number of thiophene rings is 1. The minimum Gasteiger partial charge on any atom is -0.484 e. The van der Waals surface area contributed by atoms with Crippen molar-refractivity contribution in [2.24, 2.45) is 0 Å². The first kappa shape index (κ1) is 22.6. The number of benzene rings is 1. The maximum atomic E-state index is 12.8. The molecule has 0 radical (unpaired) electrons. The van der Waals surface area contributed by atoms with E-state index in [2.05, 4.69) is 10.6 Å². The standard InChI is InChI=1S/C22H27ClN2O4S/c1-13-10-15(11-14(2)20(13)23)29-12-18(26)25-22-19(21(27)24-8-9-28-3)16-6-4-5-7-17(16)30-22/h10-11H,4-9,12H2,1-3H3,(H,24,27)(H,25,26). The maximum Gasteiger partial charge on any atom is 0.262 e. The van der Waals surface area contributed by atoms with Crippen LogP contribution < -0.4 is 15.4 Å². The molecule has 0 saturated carbocycles. The second kappa shape index (κ2) is 10.3. The number of carbonyl (C=O) groups excluding carboxylic acids is 2. The van der Waals surface area contributed by atoms with Gasteiger partial charge in [0.15, 0.2) is 6.61 Å². The third-order valence-corrected chi connectivity index (χ3v) is 6.83. The molecule has 3 rings (SSSR count). The van der Waals surface area contributed by atoms with Crippen LogP contribution in [0.3, 0.4) is 0 Å². The second-order valence-corrected chi connectivity index (χ2v) is 8.85. The van der Waals surface area contributed by atoms with Crippen LogP contribution in [0.5, 0.6) is 5.75 Å². The first-order valence-corrected chi connectivity index (χ1v) is 11.2. The number of halogens is 1. The number of methoxy groups -OCH3 is 1. The number of hydrogen-bond acceptors (Lipinski definition) is 5. The van der Waals surface area contributed by atoms with Crippen LogP contribution >= 0.6 is 22.9 Å². The Labute approximate surface area is 185 Å². The molecule has 6 nitrogen and oxygen atoms in total. The molecule has 162 valence electrons. The van der Waals surface area contributed by atoms with Crippen molar-refractivity contribution in [1.29, 1.82) is 0 Å². The summed E-state index contributed by atoms with van der Waals surface area (Å²) in [6.07, 6.45) is 3.94. The Balaban J connectivity index is 1.71. The van der Waals surface area contributed by atoms with E-state index in [1.807, 2.05) is 13.8 Å². The molecule has 0 saturated heterocycles. The number of fused-ring (bicyclic) bond motifs is 1. The molecule has 0 aliphatic heterocycles. The summed E-state index contributed by atoms with van der Waals surface area (Å²) in [4.78, 5) is 26.5. The Hall–Kier alpha value is -2.09. The lowest BCUT2D eigenvalue weighted by Crippen LogP contribution is -2.29. The van der Waals surface area contributed by atoms with Crippen molar-refractivity contribution in [3.63, 3.8) is 0 Å². The fourth-order valence-electron chi connectivity index (χ4n) is 3.55. The summed E-state index contributed by atoms with van der Waals surface area (Å²) >= 11 is 7.67. The van der Waals surface area contributed by atoms with E-state index in [-0.39, 0.29) is 18.4 Å². The Morgan fingerprint density at radius 1 is 1.17 bits per heavy atom. The molecule has 1 aliphatic rings. The highest BCUT2D eigenvalue weighted by molar-refractivity contribution is 7.17. The zero-order valence-electron chi connectivity index (χ0n) is 17.5. The molecule has 0 unspecified atom stereocenters. The van der Waals surface area contributed by atoms with Crippen molar-refractivity contribution in [3.8, 4) is 5.75 Å². The highest BCUT2D eigenvalue weighted by Crippen LogP contribution is 2.38. The molecule has 2 amide bonds. The monoisotopic (exact) mass is 450 g/mol. The van der Waals surface area contributed by atoms with Gasteiger partial charge in [-0.15, -0.1) is 11.3 Å². The Morgan fingerprint density at radius 2 is 1.87 bits per heavy atom. The summed E-state index contributed by atoms with van der Waals surface area (Å²) in [6, 6.07) is 3.61. The number of carbonyl (C=O) groups is 2. The smallest absolute Gasteiger partial charge is 0.262 e. The fraction of sp³-hybridized carbons (Fsp3) is 0.455. The van der Waals surface area contributed by atoms with Gasteiger partial charge in [-0.2, -0.15) is 0 Å². The number of aryl methyl sites for hydroxylation is 3. The predicted octanol–water partition coefficient (Wildman–Crippen LogP) is 4.29. The predicted molar refractivity (Wildman–Crippen MR) is 120 cm³/mol. The molecule has 1 aromatic heterocycles. The Morgan fingerprint density at radius 3 is 2.57 bits per heavy atom. The number of nitrogens with one attached hydrogen (secondary N) is 2. The maximum absolute atomic E-state index is 12.8. The van der Waals surface area contributed by atoms with E-state index in [1.54, 1.807) is 19.2 Å². The largest absolute Gasteiger partial charge is 0.484 e. The zero-order chi connectivity index (χ0) is 21.7. The Bertz CT molecular complexity index is 918. The lowest BCUT2D eigenvalue weighted by Gasteiger charge is -2.13. The molecule has 8 heteroatoms. The quantitative estimate of drug-likeness (QED) is 0.588. The van der Waals surface area contributed by atoms with E-state index in [0.717, 1.165) is 42.4 Å². The van der Waals surface area contributed by atoms with E-state index < -0.39 is 0 Å². The lowest BCUT2D eigenvalue weighted by molar-refractivity contribution is -0.118. The number of amides is 2. The first-order valence-electron chi connectivity index (χ1n) is 10.0. The minimum absolute atomic E-state index is 0.145. The number of hydrogen-bond donors (Lipinski definition) is 2. The minimum atomic E-state index is -0.301. The highest BCUT2D eigenvalue weighted by atomic mass is 35.5. The third-order valence-electron chi connectivity index (χ3n) is 5.02. The van der Waals surface area contributed by atoms with Crippen LogP contribution in [0.15, 0.2) is 12.1 Å². The van der Waals surface area contributed by atoms with Crippen molar-refractivity contribution < 1.29 is 19.1 Å². The van der Waals surface area contributed by atoms with Crippen molar-refractivity contribution in [2.45, 2.75) is 39.5 Å². The van der Waals surface area contributed by atoms with Crippen LogP contribution in [-0.2, 0) is 22.4 Å². The van der Waals surface area contributed by atoms with Gasteiger partial charge in [0.2, 0.25) is 0 Å². The van der Waals surface area contributed by atoms with Crippen LogP contribution in [0.2, 0.25) is 5.02 Å². The summed E-state index contributed by atoms with van der Waals surface area (Å²) in [5.74, 6) is 0.115. The molecular formula is C22H27ClN2O4S. The summed E-state index contributed by atoms with van der Waals surface area (Å²) < 4.78 is 10.7. The van der Waals surface area contributed by atoms with E-state index in [0.29, 0.717) is 34.5 Å². The third kappa shape index (κ3) is 5.33. The Kier molecular flexibility index (Phi) is 7.75. The topological polar surface area (TPSA) is 76.7 Å². The molecule has 0 fully saturated rings. The fourth-order valence-corrected chi connectivity index (χ4v) is 4.96. The molecule has 0 atom stereocenters. The summed E-state index contributed by atoms with van der Waals surface area (Å²) in [5.41, 5.74) is 3.43. The normalized spacial score (nSPS) is 12.9. The molecule has 0 bridgehead atoms. The van der Waals surface area contributed by atoms with Gasteiger partial charge in [-0.1, -0.05) is 11.6 Å². The van der Waals surface area contributed by atoms with Gasteiger partial charge in [0, 0.05) is 23.6 Å². The number of anilines is 1. The van der Waals surface area contributed by atoms with Gasteiger partial charge in [0.25, 0.3) is 11.8 Å². The van der Waals surface area contributed by atoms with Crippen LogP contribution in [-0.4, -0.2) is 38.7 Å². The van der Waals surface area contributed by atoms with Gasteiger partial charge in [-0.05, 0) is 68.4 Å². The molecular weight excluding hydrogens is 424 g/mol. The molecule has 1 heterocycles. The summed E-state index contributed by atoms with van der Waals surface area (Å²) in [7, 11) is 1.59. The molecule has 2 aromatic rings. The van der Waals surface area contributed by atoms with Crippen molar-refractivity contribution >= 4 is 39.8 Å². The molecule has 2 N–H and O–H groups in total. The molecule has 1 aliphatic carbocycles. The van der Waals surface area contributed by atoms with E-state index in [4.69, 9.17) is 21.1 Å². The second-order valence-electron chi connectivity index (χ2n) is 7.37. The van der Waals surface area contributed by atoms with Gasteiger partial charge in [-0.3, -0.25) is 9.59 Å². The van der Waals surface area contributed by atoms with Crippen molar-refractivity contribution in [3.05, 3.63) is 44.3 Å². The number of ether oxygens (including phenoxy) is 2. The van der Waals surface area contributed by atoms with E-state index in [1.165, 1.54) is 16.2 Å². The van der Waals surface area contributed by atoms with Crippen molar-refractivity contribution in [2.75, 3.05) is 32.2 Å². The van der Waals surface area contributed by atoms with E-state index >= 15 is 0 Å². The van der Waals surface area contributed by atoms with Gasteiger partial charge < -0.3 is 20.1 Å². The summed E-state index contributed by atoms with van der Waals surface area (Å²) in [6.45, 7) is 4.51. The number of rotatable bonds is 8. The average Bonchev–Trinajstić information content (AvgIpc) is 3.08. The van der Waals surface area contributed by atoms with Crippen LogP contribution in [0, 0.1) is 13.8 Å². The molecule has 1 aromatic carbocycles. The van der Waals surface area contributed by atoms with Gasteiger partial charge in [-0.25, -0.2) is 0 Å². The summed E-state index contributed by atoms with van der Waals surface area (Å²) in [5, 5.41) is 7.05. The zero-order valence-corrected chi connectivity index (χ0v) is 19.1. The van der Waals surface area contributed by atoms with Gasteiger partial charge in [0.05, 0.1) is 12.2 Å². The van der Waals surface area contributed by atoms with Gasteiger partial charge >= 0.3 is 0 Å². The van der Waals surface area contributed by atoms with Crippen LogP contribution in [0.25, 0.3) is 0 Å². The van der Waals surface area contributed by atoms with Crippen molar-refractivity contribution in [1.82, 2.24) is 5.32 Å². The highest BCUT2D eigenvalue weighted by Gasteiger charge is 2.26. The van der Waals surface area contributed by atoms with Crippen LogP contribution in [0.4, 0.5) is 5.00 Å². The lowest BCUT2D eigenvalue weighted by atomic mass is 9.95. The van der Waals surface area contributed by atoms with E-state index in [9.17, 15) is 9.59 Å². The SMILES string of the molecule is COCCNC(=O)c1c(NC(=O)COc2cc(C)c(Cl)c(C)c2)sc2c1CCCC2. The molecule has 0 spiro atoms. The average molecular weight is 451 g/mol. The first-order chi connectivity index (χ1) is 14.4.